The summed E-state index contributed by atoms with van der Waals surface area (Å²) in [7, 11) is 0. The molecular weight excluding hydrogens is 228 g/mol. The molecule has 0 spiro atoms. The third kappa shape index (κ3) is 3.22. The van der Waals surface area contributed by atoms with Crippen LogP contribution in [0.1, 0.15) is 51.3 Å². The Bertz CT molecular complexity index is 380. The second kappa shape index (κ2) is 5.26. The van der Waals surface area contributed by atoms with Crippen molar-refractivity contribution in [2.24, 2.45) is 5.92 Å². The quantitative estimate of drug-likeness (QED) is 0.839. The largest absolute Gasteiger partial charge is 0.407 e. The summed E-state index contributed by atoms with van der Waals surface area (Å²) in [6.07, 6.45) is 7.56. The van der Waals surface area contributed by atoms with Crippen LogP contribution in [0, 0.1) is 5.92 Å². The standard InChI is InChI=1S/C13H22N4O/c1-9-2-4-11(5-3-9)15-13-17-16-12(18-13)8-14-10-6-7-10/h9-11,14H,2-8H2,1H3,(H,15,17). The van der Waals surface area contributed by atoms with Crippen molar-refractivity contribution < 1.29 is 4.42 Å². The average Bonchev–Trinajstić information content (AvgIpc) is 3.10. The average molecular weight is 250 g/mol. The van der Waals surface area contributed by atoms with Gasteiger partial charge in [-0.25, -0.2) is 0 Å². The fraction of sp³-hybridized carbons (Fsp3) is 0.846. The van der Waals surface area contributed by atoms with Crippen LogP contribution in [0.15, 0.2) is 4.42 Å². The van der Waals surface area contributed by atoms with Crippen molar-refractivity contribution in [3.63, 3.8) is 0 Å². The van der Waals surface area contributed by atoms with Crippen LogP contribution in [0.2, 0.25) is 0 Å². The van der Waals surface area contributed by atoms with Gasteiger partial charge in [-0.2, -0.15) is 0 Å². The summed E-state index contributed by atoms with van der Waals surface area (Å²) in [6.45, 7) is 3.02. The summed E-state index contributed by atoms with van der Waals surface area (Å²) in [4.78, 5) is 0. The maximum Gasteiger partial charge on any atom is 0.315 e. The first-order chi connectivity index (χ1) is 8.79. The Balaban J connectivity index is 1.46. The van der Waals surface area contributed by atoms with Crippen LogP contribution in [0.4, 0.5) is 6.01 Å². The van der Waals surface area contributed by atoms with E-state index in [9.17, 15) is 0 Å². The normalized spacial score (nSPS) is 28.3. The van der Waals surface area contributed by atoms with E-state index in [2.05, 4.69) is 27.8 Å². The van der Waals surface area contributed by atoms with Crippen LogP contribution in [0.25, 0.3) is 0 Å². The van der Waals surface area contributed by atoms with Gasteiger partial charge < -0.3 is 15.1 Å². The molecular formula is C13H22N4O. The van der Waals surface area contributed by atoms with Crippen molar-refractivity contribution in [2.45, 2.75) is 64.1 Å². The number of aromatic nitrogens is 2. The first-order valence-corrected chi connectivity index (χ1v) is 7.12. The van der Waals surface area contributed by atoms with E-state index in [1.54, 1.807) is 0 Å². The third-order valence-corrected chi connectivity index (χ3v) is 3.93. The molecule has 0 aromatic carbocycles. The predicted octanol–water partition coefficient (Wildman–Crippen LogP) is 2.31. The van der Waals surface area contributed by atoms with Gasteiger partial charge in [-0.3, -0.25) is 0 Å². The lowest BCUT2D eigenvalue weighted by Gasteiger charge is -2.25. The van der Waals surface area contributed by atoms with E-state index >= 15 is 0 Å². The first kappa shape index (κ1) is 12.0. The maximum atomic E-state index is 5.60. The van der Waals surface area contributed by atoms with E-state index in [0.29, 0.717) is 30.5 Å². The lowest BCUT2D eigenvalue weighted by Crippen LogP contribution is -2.25. The van der Waals surface area contributed by atoms with Gasteiger partial charge in [0.25, 0.3) is 0 Å². The Morgan fingerprint density at radius 1 is 1.06 bits per heavy atom. The third-order valence-electron chi connectivity index (χ3n) is 3.93. The minimum atomic E-state index is 0.505. The summed E-state index contributed by atoms with van der Waals surface area (Å²) in [5.41, 5.74) is 0. The molecule has 5 heteroatoms. The van der Waals surface area contributed by atoms with E-state index < -0.39 is 0 Å². The number of nitrogens with zero attached hydrogens (tertiary/aromatic N) is 2. The second-order valence-corrected chi connectivity index (χ2v) is 5.76. The van der Waals surface area contributed by atoms with E-state index in [1.807, 2.05) is 0 Å². The molecule has 3 rings (SSSR count). The highest BCUT2D eigenvalue weighted by Crippen LogP contribution is 2.25. The van der Waals surface area contributed by atoms with E-state index in [1.165, 1.54) is 38.5 Å². The highest BCUT2D eigenvalue weighted by Gasteiger charge is 2.22. The number of anilines is 1. The Morgan fingerprint density at radius 3 is 2.50 bits per heavy atom. The summed E-state index contributed by atoms with van der Waals surface area (Å²) in [5, 5.41) is 14.8. The van der Waals surface area contributed by atoms with Gasteiger partial charge in [-0.1, -0.05) is 12.0 Å². The molecule has 2 aliphatic carbocycles. The molecule has 2 fully saturated rings. The van der Waals surface area contributed by atoms with Crippen molar-refractivity contribution in [3.8, 4) is 0 Å². The summed E-state index contributed by atoms with van der Waals surface area (Å²) >= 11 is 0. The second-order valence-electron chi connectivity index (χ2n) is 5.76. The SMILES string of the molecule is CC1CCC(Nc2nnc(CNC3CC3)o2)CC1. The molecule has 0 radical (unpaired) electrons. The van der Waals surface area contributed by atoms with Gasteiger partial charge in [0.15, 0.2) is 0 Å². The van der Waals surface area contributed by atoms with Crippen molar-refractivity contribution in [1.82, 2.24) is 15.5 Å². The smallest absolute Gasteiger partial charge is 0.315 e. The lowest BCUT2D eigenvalue weighted by molar-refractivity contribution is 0.355. The molecule has 0 aliphatic heterocycles. The predicted molar refractivity (Wildman–Crippen MR) is 69.2 cm³/mol. The molecule has 1 aromatic rings. The molecule has 0 atom stereocenters. The van der Waals surface area contributed by atoms with Crippen LogP contribution in [-0.2, 0) is 6.54 Å². The summed E-state index contributed by atoms with van der Waals surface area (Å²) in [6, 6.07) is 1.76. The zero-order chi connectivity index (χ0) is 12.4. The molecule has 0 amide bonds. The van der Waals surface area contributed by atoms with Crippen molar-refractivity contribution >= 4 is 6.01 Å². The van der Waals surface area contributed by atoms with Crippen LogP contribution >= 0.6 is 0 Å². The molecule has 1 heterocycles. The molecule has 5 nitrogen and oxygen atoms in total. The molecule has 2 N–H and O–H groups in total. The van der Waals surface area contributed by atoms with Gasteiger partial charge in [0.2, 0.25) is 5.89 Å². The molecule has 18 heavy (non-hydrogen) atoms. The van der Waals surface area contributed by atoms with Crippen LogP contribution < -0.4 is 10.6 Å². The monoisotopic (exact) mass is 250 g/mol. The van der Waals surface area contributed by atoms with Gasteiger partial charge in [-0.05, 0) is 44.4 Å². The molecule has 1 aromatic heterocycles. The molecule has 0 bridgehead atoms. The Labute approximate surface area is 108 Å². The first-order valence-electron chi connectivity index (χ1n) is 7.12. The van der Waals surface area contributed by atoms with Crippen LogP contribution in [0.5, 0.6) is 0 Å². The van der Waals surface area contributed by atoms with Gasteiger partial charge >= 0.3 is 6.01 Å². The summed E-state index contributed by atoms with van der Waals surface area (Å²) in [5.74, 6) is 1.55. The fourth-order valence-electron chi connectivity index (χ4n) is 2.48. The van der Waals surface area contributed by atoms with Gasteiger partial charge in [-0.15, -0.1) is 5.10 Å². The van der Waals surface area contributed by atoms with Crippen molar-refractivity contribution in [3.05, 3.63) is 5.89 Å². The van der Waals surface area contributed by atoms with Crippen molar-refractivity contribution in [2.75, 3.05) is 5.32 Å². The number of rotatable bonds is 5. The topological polar surface area (TPSA) is 63.0 Å². The molecule has 2 saturated carbocycles. The Kier molecular flexibility index (Phi) is 3.50. The minimum absolute atomic E-state index is 0.505. The highest BCUT2D eigenvalue weighted by atomic mass is 16.4. The van der Waals surface area contributed by atoms with Gasteiger partial charge in [0.05, 0.1) is 6.54 Å². The number of hydrogen-bond donors (Lipinski definition) is 2. The fourth-order valence-corrected chi connectivity index (χ4v) is 2.48. The minimum Gasteiger partial charge on any atom is -0.407 e. The molecule has 2 aliphatic rings. The maximum absolute atomic E-state index is 5.60. The van der Waals surface area contributed by atoms with Crippen molar-refractivity contribution in [1.29, 1.82) is 0 Å². The Hall–Kier alpha value is -1.10. The van der Waals surface area contributed by atoms with Gasteiger partial charge in [0.1, 0.15) is 0 Å². The van der Waals surface area contributed by atoms with E-state index in [4.69, 9.17) is 4.42 Å². The molecule has 100 valence electrons. The van der Waals surface area contributed by atoms with E-state index in [0.717, 1.165) is 5.92 Å². The molecule has 0 saturated heterocycles. The zero-order valence-corrected chi connectivity index (χ0v) is 11.0. The zero-order valence-electron chi connectivity index (χ0n) is 11.0. The lowest BCUT2D eigenvalue weighted by atomic mass is 9.87. The number of nitrogens with one attached hydrogen (secondary N) is 2. The van der Waals surface area contributed by atoms with E-state index in [-0.39, 0.29) is 0 Å². The van der Waals surface area contributed by atoms with Gasteiger partial charge in [0, 0.05) is 12.1 Å². The summed E-state index contributed by atoms with van der Waals surface area (Å²) < 4.78 is 5.60. The van der Waals surface area contributed by atoms with Crippen LogP contribution in [0.3, 0.4) is 0 Å². The van der Waals surface area contributed by atoms with Crippen LogP contribution in [-0.4, -0.2) is 22.3 Å². The Morgan fingerprint density at radius 2 is 1.78 bits per heavy atom. The highest BCUT2D eigenvalue weighted by molar-refractivity contribution is 5.19. The number of hydrogen-bond acceptors (Lipinski definition) is 5. The molecule has 0 unspecified atom stereocenters.